The van der Waals surface area contributed by atoms with Crippen molar-refractivity contribution in [1.82, 2.24) is 14.8 Å². The maximum absolute atomic E-state index is 13.0. The lowest BCUT2D eigenvalue weighted by molar-refractivity contribution is 0.0776. The molecule has 156 valence electrons. The van der Waals surface area contributed by atoms with Crippen LogP contribution in [0.2, 0.25) is 0 Å². The number of hydrogen-bond donors (Lipinski definition) is 1. The Balaban J connectivity index is 2.43. The lowest BCUT2D eigenvalue weighted by atomic mass is 10.1. The maximum Gasteiger partial charge on any atom is 0.259 e. The first kappa shape index (κ1) is 22.2. The largest absolute Gasteiger partial charge is 0.467 e. The molecule has 29 heavy (non-hydrogen) atoms. The maximum atomic E-state index is 13.0. The van der Waals surface area contributed by atoms with Crippen LogP contribution in [0.25, 0.3) is 0 Å². The predicted molar refractivity (Wildman–Crippen MR) is 112 cm³/mol. The summed E-state index contributed by atoms with van der Waals surface area (Å²) < 4.78 is 6.96. The Kier molecular flexibility index (Phi) is 7.59. The molecule has 7 heteroatoms. The number of likely N-dealkylation sites (N-methyl/N-ethyl adjacent to an activating group) is 1. The fourth-order valence-corrected chi connectivity index (χ4v) is 2.88. The van der Waals surface area contributed by atoms with Gasteiger partial charge in [-0.2, -0.15) is 0 Å². The summed E-state index contributed by atoms with van der Waals surface area (Å²) in [5, 5.41) is 2.68. The number of carbonyl (C=O) groups is 2. The summed E-state index contributed by atoms with van der Waals surface area (Å²) in [6.07, 6.45) is 5.36. The van der Waals surface area contributed by atoms with Gasteiger partial charge in [0.05, 0.1) is 12.8 Å². The van der Waals surface area contributed by atoms with Gasteiger partial charge in [0, 0.05) is 31.5 Å². The number of nitrogens with one attached hydrogen (secondary N) is 1. The normalized spacial score (nSPS) is 11.7. The third kappa shape index (κ3) is 5.47. The molecule has 2 aromatic heterocycles. The van der Waals surface area contributed by atoms with Gasteiger partial charge in [-0.05, 0) is 39.3 Å². The van der Waals surface area contributed by atoms with Gasteiger partial charge in [0.2, 0.25) is 5.43 Å². The molecular formula is C22H29N3O4. The minimum absolute atomic E-state index is 0.0148. The molecule has 2 aromatic rings. The van der Waals surface area contributed by atoms with Crippen LogP contribution in [-0.2, 0) is 6.54 Å². The Labute approximate surface area is 171 Å². The number of rotatable bonds is 9. The standard InChI is InChI=1S/C22H29N3O4/c1-6-16(5)25-13-18(21(27)23-11-17-9-8-10-29-17)20(26)19(14-25)22(28)24(7-2)12-15(3)4/h8-10,13-14,16H,3,6-7,11-12H2,1-2,4-5H3,(H,23,27)/t16-/m0/s1. The van der Waals surface area contributed by atoms with E-state index in [4.69, 9.17) is 4.42 Å². The molecule has 0 aromatic carbocycles. The highest BCUT2D eigenvalue weighted by Gasteiger charge is 2.23. The molecule has 0 unspecified atom stereocenters. The molecule has 1 atom stereocenters. The molecule has 0 saturated carbocycles. The van der Waals surface area contributed by atoms with Crippen molar-refractivity contribution in [3.05, 3.63) is 70.1 Å². The van der Waals surface area contributed by atoms with E-state index in [9.17, 15) is 14.4 Å². The zero-order chi connectivity index (χ0) is 21.6. The van der Waals surface area contributed by atoms with Crippen molar-refractivity contribution < 1.29 is 14.0 Å². The van der Waals surface area contributed by atoms with Gasteiger partial charge in [-0.25, -0.2) is 0 Å². The highest BCUT2D eigenvalue weighted by molar-refractivity contribution is 5.99. The van der Waals surface area contributed by atoms with E-state index >= 15 is 0 Å². The van der Waals surface area contributed by atoms with E-state index in [0.717, 1.165) is 12.0 Å². The number of carbonyl (C=O) groups excluding carboxylic acids is 2. The highest BCUT2D eigenvalue weighted by Crippen LogP contribution is 2.13. The summed E-state index contributed by atoms with van der Waals surface area (Å²) in [6, 6.07) is 3.47. The van der Waals surface area contributed by atoms with Gasteiger partial charge in [0.25, 0.3) is 11.8 Å². The van der Waals surface area contributed by atoms with Gasteiger partial charge >= 0.3 is 0 Å². The van der Waals surface area contributed by atoms with E-state index in [1.54, 1.807) is 27.8 Å². The second kappa shape index (κ2) is 9.91. The van der Waals surface area contributed by atoms with Gasteiger partial charge < -0.3 is 19.2 Å². The molecule has 2 amide bonds. The lowest BCUT2D eigenvalue weighted by Crippen LogP contribution is -2.38. The van der Waals surface area contributed by atoms with Crippen LogP contribution in [-0.4, -0.2) is 34.4 Å². The van der Waals surface area contributed by atoms with Crippen molar-refractivity contribution in [2.75, 3.05) is 13.1 Å². The minimum Gasteiger partial charge on any atom is -0.467 e. The second-order valence-corrected chi connectivity index (χ2v) is 7.16. The third-order valence-electron chi connectivity index (χ3n) is 4.75. The number of furan rings is 1. The molecule has 0 bridgehead atoms. The smallest absolute Gasteiger partial charge is 0.259 e. The number of nitrogens with zero attached hydrogens (tertiary/aromatic N) is 2. The fraction of sp³-hybridized carbons (Fsp3) is 0.409. The molecule has 0 aliphatic carbocycles. The molecular weight excluding hydrogens is 370 g/mol. The monoisotopic (exact) mass is 399 g/mol. The number of hydrogen-bond acceptors (Lipinski definition) is 4. The van der Waals surface area contributed by atoms with Crippen molar-refractivity contribution in [3.63, 3.8) is 0 Å². The zero-order valence-corrected chi connectivity index (χ0v) is 17.5. The van der Waals surface area contributed by atoms with E-state index in [0.29, 0.717) is 18.8 Å². The topological polar surface area (TPSA) is 84.6 Å². The van der Waals surface area contributed by atoms with E-state index in [2.05, 4.69) is 11.9 Å². The van der Waals surface area contributed by atoms with Crippen LogP contribution in [0.3, 0.4) is 0 Å². The molecule has 2 rings (SSSR count). The van der Waals surface area contributed by atoms with E-state index in [-0.39, 0.29) is 23.7 Å². The van der Waals surface area contributed by atoms with Crippen LogP contribution < -0.4 is 10.7 Å². The number of pyridine rings is 1. The molecule has 0 aliphatic rings. The van der Waals surface area contributed by atoms with Crippen LogP contribution in [0.4, 0.5) is 0 Å². The average Bonchev–Trinajstić information content (AvgIpc) is 3.22. The van der Waals surface area contributed by atoms with Crippen molar-refractivity contribution in [2.24, 2.45) is 0 Å². The first-order valence-corrected chi connectivity index (χ1v) is 9.78. The molecule has 0 fully saturated rings. The summed E-state index contributed by atoms with van der Waals surface area (Å²) in [6.45, 7) is 12.4. The van der Waals surface area contributed by atoms with Crippen molar-refractivity contribution in [2.45, 2.75) is 46.7 Å². The van der Waals surface area contributed by atoms with E-state index in [1.807, 2.05) is 27.7 Å². The second-order valence-electron chi connectivity index (χ2n) is 7.16. The lowest BCUT2D eigenvalue weighted by Gasteiger charge is -2.22. The van der Waals surface area contributed by atoms with Crippen molar-refractivity contribution >= 4 is 11.8 Å². The predicted octanol–water partition coefficient (Wildman–Crippen LogP) is 3.38. The van der Waals surface area contributed by atoms with Gasteiger partial charge in [-0.1, -0.05) is 19.1 Å². The van der Waals surface area contributed by atoms with E-state index in [1.165, 1.54) is 12.5 Å². The average molecular weight is 399 g/mol. The summed E-state index contributed by atoms with van der Waals surface area (Å²) in [5.74, 6) is -0.370. The Morgan fingerprint density at radius 2 is 1.97 bits per heavy atom. The molecule has 1 N–H and O–H groups in total. The Bertz CT molecular complexity index is 928. The summed E-state index contributed by atoms with van der Waals surface area (Å²) in [7, 11) is 0. The van der Waals surface area contributed by atoms with Crippen molar-refractivity contribution in [3.8, 4) is 0 Å². The Morgan fingerprint density at radius 3 is 2.52 bits per heavy atom. The zero-order valence-electron chi connectivity index (χ0n) is 17.5. The molecule has 0 spiro atoms. The summed E-state index contributed by atoms with van der Waals surface area (Å²) >= 11 is 0. The third-order valence-corrected chi connectivity index (χ3v) is 4.75. The molecule has 7 nitrogen and oxygen atoms in total. The molecule has 0 aliphatic heterocycles. The quantitative estimate of drug-likeness (QED) is 0.655. The van der Waals surface area contributed by atoms with Crippen LogP contribution in [0.1, 0.15) is 66.6 Å². The first-order valence-electron chi connectivity index (χ1n) is 9.78. The SMILES string of the molecule is C=C(C)CN(CC)C(=O)c1cn([C@@H](C)CC)cc(C(=O)NCc2ccco2)c1=O. The van der Waals surface area contributed by atoms with Crippen LogP contribution in [0, 0.1) is 0 Å². The van der Waals surface area contributed by atoms with E-state index < -0.39 is 17.2 Å². The number of amides is 2. The van der Waals surface area contributed by atoms with Gasteiger partial charge in [-0.15, -0.1) is 0 Å². The summed E-state index contributed by atoms with van der Waals surface area (Å²) in [4.78, 5) is 40.3. The molecule has 0 radical (unpaired) electrons. The summed E-state index contributed by atoms with van der Waals surface area (Å²) in [5.41, 5.74) is 0.162. The Hall–Kier alpha value is -3.09. The van der Waals surface area contributed by atoms with Crippen LogP contribution in [0.15, 0.2) is 52.2 Å². The molecule has 2 heterocycles. The van der Waals surface area contributed by atoms with Crippen molar-refractivity contribution in [1.29, 1.82) is 0 Å². The molecule has 0 saturated heterocycles. The van der Waals surface area contributed by atoms with Gasteiger partial charge in [0.1, 0.15) is 16.9 Å². The van der Waals surface area contributed by atoms with Gasteiger partial charge in [-0.3, -0.25) is 14.4 Å². The van der Waals surface area contributed by atoms with Crippen LogP contribution >= 0.6 is 0 Å². The fourth-order valence-electron chi connectivity index (χ4n) is 2.88. The van der Waals surface area contributed by atoms with Crippen LogP contribution in [0.5, 0.6) is 0 Å². The number of aromatic nitrogens is 1. The highest BCUT2D eigenvalue weighted by atomic mass is 16.3. The van der Waals surface area contributed by atoms with Gasteiger partial charge in [0.15, 0.2) is 0 Å². The first-order chi connectivity index (χ1) is 13.8. The Morgan fingerprint density at radius 1 is 1.28 bits per heavy atom. The minimum atomic E-state index is -0.577.